The number of amides is 3. The number of nitrogens with one attached hydrogen (secondary N) is 3. The molecule has 0 saturated carbocycles. The molecular weight excluding hydrogens is 1060 g/mol. The Kier molecular flexibility index (Phi) is 57.2. The number of carbonyl (C=O) groups excluding carboxylic acids is 4. The lowest BCUT2D eigenvalue weighted by atomic mass is 10.4. The molecule has 0 aromatic rings. The van der Waals surface area contributed by atoms with Crippen LogP contribution in [0.1, 0.15) is 111 Å². The summed E-state index contributed by atoms with van der Waals surface area (Å²) in [5, 5.41) is 8.22. The van der Waals surface area contributed by atoms with Crippen LogP contribution in [-0.4, -0.2) is 154 Å². The highest BCUT2D eigenvalue weighted by atomic mass is 28.5. The Balaban J connectivity index is -0.000000185. The lowest BCUT2D eigenvalue weighted by Crippen LogP contribution is -2.52. The molecule has 3 N–H and O–H groups in total. The quantitative estimate of drug-likeness (QED) is 0.0173. The van der Waals surface area contributed by atoms with E-state index in [1.807, 2.05) is 0 Å². The second-order valence-corrected chi connectivity index (χ2v) is 45.5. The number of urea groups is 1. The fourth-order valence-electron chi connectivity index (χ4n) is 7.14. The first kappa shape index (κ1) is 89.6. The lowest BCUT2D eigenvalue weighted by molar-refractivity contribution is -0.141. The van der Waals surface area contributed by atoms with Crippen molar-refractivity contribution in [3.05, 3.63) is 24.3 Å². The SMILES string of the molecule is C.C.C.C.C.C.C=C(C)C(=O)OCCOCCNC(=O)NCCC[Si](C)(C)O[Si](C)(C)O[Si](C)(C)CCCC.C=C(C)C(=O)OCCOCCNC(=O)OCCOCCC[Si](C)(C)O[Si](C)(C)O[Si](C)(C)CCCC. The van der Waals surface area contributed by atoms with Crippen LogP contribution in [0, 0.1) is 0 Å². The minimum absolute atomic E-state index is 0. The molecule has 75 heavy (non-hydrogen) atoms. The third-order valence-corrected chi connectivity index (χ3v) is 32.7. The Bertz CT molecular complexity index is 1490. The Labute approximate surface area is 469 Å². The predicted octanol–water partition coefficient (Wildman–Crippen LogP) is 13.8. The summed E-state index contributed by atoms with van der Waals surface area (Å²) in [4.78, 5) is 46.0. The van der Waals surface area contributed by atoms with E-state index < -0.39 is 68.4 Å². The molecule has 0 rings (SSSR count). The summed E-state index contributed by atoms with van der Waals surface area (Å²) >= 11 is 0. The van der Waals surface area contributed by atoms with Crippen molar-refractivity contribution in [2.75, 3.05) is 79.1 Å². The van der Waals surface area contributed by atoms with Gasteiger partial charge >= 0.3 is 41.2 Å². The third kappa shape index (κ3) is 56.5. The van der Waals surface area contributed by atoms with Crippen LogP contribution in [0.2, 0.25) is 103 Å². The maximum Gasteiger partial charge on any atom is 0.407 e. The van der Waals surface area contributed by atoms with E-state index in [-0.39, 0.29) is 83.6 Å². The maximum atomic E-state index is 11.9. The van der Waals surface area contributed by atoms with Gasteiger partial charge in [-0.2, -0.15) is 0 Å². The van der Waals surface area contributed by atoms with E-state index in [0.29, 0.717) is 57.2 Å². The molecule has 23 heteroatoms. The average Bonchev–Trinajstić information content (AvgIpc) is 3.20. The maximum absolute atomic E-state index is 11.9. The molecule has 0 aromatic heterocycles. The summed E-state index contributed by atoms with van der Waals surface area (Å²) in [7, 11) is -11.4. The molecule has 454 valence electrons. The smallest absolute Gasteiger partial charge is 0.407 e. The number of alkyl carbamates (subject to hydrolysis) is 1. The number of rotatable bonds is 39. The molecule has 0 heterocycles. The van der Waals surface area contributed by atoms with Crippen LogP contribution in [0.25, 0.3) is 0 Å². The molecule has 0 aliphatic rings. The minimum atomic E-state index is -2.17. The molecule has 3 amide bonds. The zero-order chi connectivity index (χ0) is 53.2. The minimum Gasteiger partial charge on any atom is -0.460 e. The van der Waals surface area contributed by atoms with Crippen molar-refractivity contribution in [2.45, 2.75) is 214 Å². The topological polar surface area (TPSA) is 197 Å². The Morgan fingerprint density at radius 2 is 0.693 bits per heavy atom. The van der Waals surface area contributed by atoms with Gasteiger partial charge in [0.15, 0.2) is 33.3 Å². The van der Waals surface area contributed by atoms with E-state index in [1.165, 1.54) is 37.8 Å². The van der Waals surface area contributed by atoms with Crippen molar-refractivity contribution >= 4 is 74.5 Å². The van der Waals surface area contributed by atoms with E-state index in [1.54, 1.807) is 13.8 Å². The van der Waals surface area contributed by atoms with Crippen LogP contribution in [0.4, 0.5) is 9.59 Å². The second-order valence-electron chi connectivity index (χ2n) is 20.6. The molecule has 0 saturated heterocycles. The van der Waals surface area contributed by atoms with Crippen molar-refractivity contribution in [3.8, 4) is 0 Å². The Morgan fingerprint density at radius 3 is 1.05 bits per heavy atom. The molecular formula is C52H123N3O14Si6. The van der Waals surface area contributed by atoms with Gasteiger partial charge < -0.3 is 60.8 Å². The van der Waals surface area contributed by atoms with Crippen molar-refractivity contribution < 1.29 is 64.1 Å². The largest absolute Gasteiger partial charge is 0.460 e. The van der Waals surface area contributed by atoms with Gasteiger partial charge in [0.25, 0.3) is 0 Å². The molecule has 0 bridgehead atoms. The van der Waals surface area contributed by atoms with Gasteiger partial charge in [0.1, 0.15) is 19.8 Å². The lowest BCUT2D eigenvalue weighted by Gasteiger charge is -2.39. The van der Waals surface area contributed by atoms with Crippen molar-refractivity contribution in [2.24, 2.45) is 0 Å². The van der Waals surface area contributed by atoms with Gasteiger partial charge in [-0.05, 0) is 129 Å². The molecule has 0 radical (unpaired) electrons. The van der Waals surface area contributed by atoms with E-state index in [2.05, 4.69) is 122 Å². The molecule has 0 spiro atoms. The van der Waals surface area contributed by atoms with E-state index in [4.69, 9.17) is 44.9 Å². The fourth-order valence-corrected chi connectivity index (χ4v) is 35.6. The Hall–Kier alpha value is -2.02. The molecule has 0 unspecified atom stereocenters. The van der Waals surface area contributed by atoms with Gasteiger partial charge in [0, 0.05) is 37.4 Å². The van der Waals surface area contributed by atoms with E-state index in [0.717, 1.165) is 24.9 Å². The number of carbonyl (C=O) groups is 4. The predicted molar refractivity (Wildman–Crippen MR) is 333 cm³/mol. The summed E-state index contributed by atoms with van der Waals surface area (Å²) in [5.74, 6) is -0.871. The van der Waals surface area contributed by atoms with Crippen LogP contribution >= 0.6 is 0 Å². The highest BCUT2D eigenvalue weighted by molar-refractivity contribution is 6.88. The van der Waals surface area contributed by atoms with Crippen LogP contribution in [0.5, 0.6) is 0 Å². The number of unbranched alkanes of at least 4 members (excludes halogenated alkanes) is 2. The van der Waals surface area contributed by atoms with Gasteiger partial charge in [0.2, 0.25) is 0 Å². The summed E-state index contributed by atoms with van der Waals surface area (Å²) < 4.78 is 57.5. The number of hydrogen-bond acceptors (Lipinski definition) is 14. The zero-order valence-corrected chi connectivity index (χ0v) is 52.2. The highest BCUT2D eigenvalue weighted by Crippen LogP contribution is 2.28. The second kappa shape index (κ2) is 47.9. The summed E-state index contributed by atoms with van der Waals surface area (Å²) in [6.07, 6.45) is 6.10. The molecule has 0 atom stereocenters. The van der Waals surface area contributed by atoms with Crippen LogP contribution in [-0.2, 0) is 54.5 Å². The van der Waals surface area contributed by atoms with Gasteiger partial charge in [0.05, 0.1) is 33.0 Å². The van der Waals surface area contributed by atoms with Crippen LogP contribution in [0.3, 0.4) is 0 Å². The standard InChI is InChI=1S/C24H51NO8Si3.C22H48N2O6Si3.6CH4/c1-10-11-20-34(4,5)32-36(8,9)33-35(6,7)21-12-14-28-17-19-31-24(27)25-13-15-29-16-18-30-23(26)22(2)3;1-10-11-18-31(4,5)29-33(8,9)30-32(6,7)19-12-13-23-22(26)24-14-15-27-16-17-28-21(25)20(2)3;;;;;;/h2,10-21H2,1,3-9H3,(H,25,27);2,10-19H2,1,3-9H3,(H2,23,24,26);6*1H4. The number of esters is 2. The average molecular weight is 1180 g/mol. The van der Waals surface area contributed by atoms with E-state index in [9.17, 15) is 19.2 Å². The van der Waals surface area contributed by atoms with Crippen molar-refractivity contribution in [3.63, 3.8) is 0 Å². The van der Waals surface area contributed by atoms with E-state index >= 15 is 0 Å². The first-order valence-electron chi connectivity index (χ1n) is 25.0. The molecule has 0 fully saturated rings. The molecule has 17 nitrogen and oxygen atoms in total. The zero-order valence-electron chi connectivity index (χ0n) is 46.2. The van der Waals surface area contributed by atoms with Gasteiger partial charge in [-0.25, -0.2) is 19.2 Å². The molecule has 0 aromatic carbocycles. The third-order valence-electron chi connectivity index (χ3n) is 9.79. The van der Waals surface area contributed by atoms with Crippen LogP contribution < -0.4 is 16.0 Å². The Morgan fingerprint density at radius 1 is 0.387 bits per heavy atom. The van der Waals surface area contributed by atoms with Crippen molar-refractivity contribution in [1.82, 2.24) is 16.0 Å². The van der Waals surface area contributed by atoms with Gasteiger partial charge in [-0.1, -0.05) is 97.2 Å². The summed E-state index contributed by atoms with van der Waals surface area (Å²) in [5.41, 5.74) is 0.704. The van der Waals surface area contributed by atoms with Crippen molar-refractivity contribution in [1.29, 1.82) is 0 Å². The molecule has 0 aliphatic carbocycles. The van der Waals surface area contributed by atoms with Crippen LogP contribution in [0.15, 0.2) is 24.3 Å². The normalized spacial score (nSPS) is 11.4. The first-order valence-corrected chi connectivity index (χ1v) is 43.1. The fraction of sp³-hybridized carbons (Fsp3) is 0.846. The number of hydrogen-bond donors (Lipinski definition) is 3. The van der Waals surface area contributed by atoms with Gasteiger partial charge in [-0.15, -0.1) is 0 Å². The monoisotopic (exact) mass is 1180 g/mol. The summed E-state index contributed by atoms with van der Waals surface area (Å²) in [6, 6.07) is 4.11. The molecule has 0 aliphatic heterocycles. The summed E-state index contributed by atoms with van der Waals surface area (Å²) in [6.45, 7) is 45.4. The number of ether oxygens (including phenoxy) is 6. The highest BCUT2D eigenvalue weighted by Gasteiger charge is 2.40. The van der Waals surface area contributed by atoms with Gasteiger partial charge in [-0.3, -0.25) is 0 Å². The first-order chi connectivity index (χ1) is 31.9.